The van der Waals surface area contributed by atoms with Crippen LogP contribution in [0.1, 0.15) is 21.8 Å². The first-order chi connectivity index (χ1) is 8.42. The summed E-state index contributed by atoms with van der Waals surface area (Å²) in [6.07, 6.45) is 0. The van der Waals surface area contributed by atoms with E-state index in [-0.39, 0.29) is 17.9 Å². The van der Waals surface area contributed by atoms with Crippen molar-refractivity contribution in [2.45, 2.75) is 5.92 Å². The van der Waals surface area contributed by atoms with Crippen LogP contribution in [0.5, 0.6) is 11.5 Å². The average Bonchev–Trinajstić information content (AvgIpc) is 2.30. The van der Waals surface area contributed by atoms with Crippen LogP contribution >= 0.6 is 0 Å². The summed E-state index contributed by atoms with van der Waals surface area (Å²) in [6.45, 7) is -0.213. The van der Waals surface area contributed by atoms with E-state index in [1.807, 2.05) is 0 Å². The number of methoxy groups -OCH3 is 1. The Hall–Kier alpha value is -2.28. The van der Waals surface area contributed by atoms with Gasteiger partial charge in [-0.25, -0.2) is 4.79 Å². The van der Waals surface area contributed by atoms with E-state index in [9.17, 15) is 14.7 Å². The molecule has 98 valence electrons. The maximum absolute atomic E-state index is 11.0. The third kappa shape index (κ3) is 2.51. The molecule has 1 unspecified atom stereocenters. The highest BCUT2D eigenvalue weighted by molar-refractivity contribution is 5.92. The summed E-state index contributed by atoms with van der Waals surface area (Å²) < 4.78 is 4.92. The molecule has 18 heavy (non-hydrogen) atoms. The first-order valence-electron chi connectivity index (χ1n) is 4.99. The van der Waals surface area contributed by atoms with E-state index in [4.69, 9.17) is 20.7 Å². The van der Waals surface area contributed by atoms with Gasteiger partial charge in [-0.15, -0.1) is 0 Å². The van der Waals surface area contributed by atoms with E-state index in [2.05, 4.69) is 0 Å². The number of carboxylic acid groups (broad SMARTS) is 2. The van der Waals surface area contributed by atoms with Crippen LogP contribution in [0.15, 0.2) is 12.1 Å². The minimum Gasteiger partial charge on any atom is -0.507 e. The number of nitrogens with two attached hydrogens (primary N) is 1. The zero-order chi connectivity index (χ0) is 13.9. The second-order valence-corrected chi connectivity index (χ2v) is 3.54. The fourth-order valence-corrected chi connectivity index (χ4v) is 1.57. The molecular weight excluding hydrogens is 242 g/mol. The molecule has 0 aliphatic carbocycles. The Kier molecular flexibility index (Phi) is 4.11. The molecule has 1 atom stereocenters. The second kappa shape index (κ2) is 5.37. The molecule has 1 rings (SSSR count). The minimum atomic E-state index is -1.36. The number of aliphatic carboxylic acids is 1. The fourth-order valence-electron chi connectivity index (χ4n) is 1.57. The lowest BCUT2D eigenvalue weighted by Gasteiger charge is -2.15. The van der Waals surface area contributed by atoms with Gasteiger partial charge < -0.3 is 25.8 Å². The standard InChI is InChI=1S/C11H13NO6/c1-18-9-3-8(13)6(10(14)15)2-5(9)7(4-12)11(16)17/h2-3,7,13H,4,12H2,1H3,(H,14,15)(H,16,17). The predicted octanol–water partition coefficient (Wildman–Crippen LogP) is 0.226. The molecule has 7 heteroatoms. The zero-order valence-electron chi connectivity index (χ0n) is 9.58. The molecule has 5 N–H and O–H groups in total. The van der Waals surface area contributed by atoms with Crippen molar-refractivity contribution < 1.29 is 29.6 Å². The van der Waals surface area contributed by atoms with Crippen molar-refractivity contribution >= 4 is 11.9 Å². The van der Waals surface area contributed by atoms with E-state index in [1.165, 1.54) is 7.11 Å². The predicted molar refractivity (Wildman–Crippen MR) is 61.0 cm³/mol. The molecule has 0 spiro atoms. The molecule has 0 aliphatic rings. The zero-order valence-corrected chi connectivity index (χ0v) is 9.58. The van der Waals surface area contributed by atoms with Crippen LogP contribution < -0.4 is 10.5 Å². The molecule has 0 aromatic heterocycles. The van der Waals surface area contributed by atoms with Crippen molar-refractivity contribution in [1.29, 1.82) is 0 Å². The quantitative estimate of drug-likeness (QED) is 0.592. The molecule has 0 bridgehead atoms. The van der Waals surface area contributed by atoms with Gasteiger partial charge in [-0.3, -0.25) is 4.79 Å². The van der Waals surface area contributed by atoms with Crippen molar-refractivity contribution in [1.82, 2.24) is 0 Å². The van der Waals surface area contributed by atoms with Gasteiger partial charge in [0.25, 0.3) is 0 Å². The summed E-state index contributed by atoms with van der Waals surface area (Å²) in [5, 5.41) is 27.3. The van der Waals surface area contributed by atoms with Crippen LogP contribution in [-0.4, -0.2) is 40.9 Å². The highest BCUT2D eigenvalue weighted by Gasteiger charge is 2.25. The SMILES string of the molecule is COc1cc(O)c(C(=O)O)cc1C(CN)C(=O)O. The van der Waals surface area contributed by atoms with Gasteiger partial charge in [0.2, 0.25) is 0 Å². The number of benzene rings is 1. The molecule has 0 amide bonds. The highest BCUT2D eigenvalue weighted by atomic mass is 16.5. The van der Waals surface area contributed by atoms with E-state index in [0.29, 0.717) is 0 Å². The van der Waals surface area contributed by atoms with Gasteiger partial charge in [0.1, 0.15) is 17.1 Å². The molecule has 1 aromatic carbocycles. The Morgan fingerprint density at radius 1 is 1.39 bits per heavy atom. The topological polar surface area (TPSA) is 130 Å². The van der Waals surface area contributed by atoms with Crippen molar-refractivity contribution in [3.8, 4) is 11.5 Å². The summed E-state index contributed by atoms with van der Waals surface area (Å²) >= 11 is 0. The third-order valence-electron chi connectivity index (χ3n) is 2.49. The highest BCUT2D eigenvalue weighted by Crippen LogP contribution is 2.33. The molecular formula is C11H13NO6. The largest absolute Gasteiger partial charge is 0.507 e. The lowest BCUT2D eigenvalue weighted by atomic mass is 9.95. The number of carbonyl (C=O) groups is 2. The first-order valence-corrected chi connectivity index (χ1v) is 4.99. The summed E-state index contributed by atoms with van der Waals surface area (Å²) in [4.78, 5) is 21.9. The maximum atomic E-state index is 11.0. The average molecular weight is 255 g/mol. The summed E-state index contributed by atoms with van der Waals surface area (Å²) in [5.41, 5.74) is 5.06. The van der Waals surface area contributed by atoms with Crippen molar-refractivity contribution in [2.75, 3.05) is 13.7 Å². The van der Waals surface area contributed by atoms with E-state index in [0.717, 1.165) is 12.1 Å². The number of carboxylic acids is 2. The lowest BCUT2D eigenvalue weighted by Crippen LogP contribution is -2.22. The third-order valence-corrected chi connectivity index (χ3v) is 2.49. The van der Waals surface area contributed by atoms with E-state index < -0.39 is 29.2 Å². The molecule has 0 saturated carbocycles. The maximum Gasteiger partial charge on any atom is 0.339 e. The number of hydrogen-bond acceptors (Lipinski definition) is 5. The summed E-state index contributed by atoms with van der Waals surface area (Å²) in [5.74, 6) is -4.08. The number of phenols is 1. The van der Waals surface area contributed by atoms with Crippen LogP contribution in [0, 0.1) is 0 Å². The summed E-state index contributed by atoms with van der Waals surface area (Å²) in [7, 11) is 1.29. The van der Waals surface area contributed by atoms with Crippen LogP contribution in [0.25, 0.3) is 0 Å². The number of aromatic hydroxyl groups is 1. The van der Waals surface area contributed by atoms with Crippen LogP contribution in [0.2, 0.25) is 0 Å². The Morgan fingerprint density at radius 3 is 2.39 bits per heavy atom. The van der Waals surface area contributed by atoms with Gasteiger partial charge in [-0.1, -0.05) is 0 Å². The van der Waals surface area contributed by atoms with Crippen molar-refractivity contribution in [3.05, 3.63) is 23.3 Å². The number of hydrogen-bond donors (Lipinski definition) is 4. The van der Waals surface area contributed by atoms with Crippen LogP contribution in [-0.2, 0) is 4.79 Å². The smallest absolute Gasteiger partial charge is 0.339 e. The normalized spacial score (nSPS) is 11.9. The van der Waals surface area contributed by atoms with Gasteiger partial charge in [0.15, 0.2) is 0 Å². The van der Waals surface area contributed by atoms with Crippen LogP contribution in [0.4, 0.5) is 0 Å². The van der Waals surface area contributed by atoms with Crippen LogP contribution in [0.3, 0.4) is 0 Å². The molecule has 0 saturated heterocycles. The monoisotopic (exact) mass is 255 g/mol. The molecule has 0 radical (unpaired) electrons. The van der Waals surface area contributed by atoms with Gasteiger partial charge in [0, 0.05) is 18.2 Å². The first kappa shape index (κ1) is 13.8. The lowest BCUT2D eigenvalue weighted by molar-refractivity contribution is -0.138. The second-order valence-electron chi connectivity index (χ2n) is 3.54. The van der Waals surface area contributed by atoms with E-state index in [1.54, 1.807) is 0 Å². The molecule has 7 nitrogen and oxygen atoms in total. The summed E-state index contributed by atoms with van der Waals surface area (Å²) in [6, 6.07) is 2.12. The van der Waals surface area contributed by atoms with E-state index >= 15 is 0 Å². The Bertz CT molecular complexity index is 485. The van der Waals surface area contributed by atoms with Gasteiger partial charge in [0.05, 0.1) is 13.0 Å². The molecule has 1 aromatic rings. The molecule has 0 fully saturated rings. The minimum absolute atomic E-state index is 0.0790. The Balaban J connectivity index is 3.44. The van der Waals surface area contributed by atoms with Crippen molar-refractivity contribution in [2.24, 2.45) is 5.73 Å². The van der Waals surface area contributed by atoms with Gasteiger partial charge >= 0.3 is 11.9 Å². The van der Waals surface area contributed by atoms with Gasteiger partial charge in [-0.05, 0) is 6.07 Å². The Labute approximate surface area is 102 Å². The number of ether oxygens (including phenoxy) is 1. The molecule has 0 heterocycles. The molecule has 0 aliphatic heterocycles. The van der Waals surface area contributed by atoms with Crippen molar-refractivity contribution in [3.63, 3.8) is 0 Å². The Morgan fingerprint density at radius 2 is 2.00 bits per heavy atom. The fraction of sp³-hybridized carbons (Fsp3) is 0.273. The number of aromatic carboxylic acids is 1. The number of rotatable bonds is 5. The van der Waals surface area contributed by atoms with Gasteiger partial charge in [-0.2, -0.15) is 0 Å².